The average molecular weight is 328 g/mol. The van der Waals surface area contributed by atoms with Crippen LogP contribution in [-0.4, -0.2) is 28.2 Å². The van der Waals surface area contributed by atoms with E-state index in [9.17, 15) is 4.48 Å². The Labute approximate surface area is 142 Å². The highest BCUT2D eigenvalue weighted by Crippen LogP contribution is 2.46. The van der Waals surface area contributed by atoms with E-state index in [1.807, 2.05) is 12.2 Å². The van der Waals surface area contributed by atoms with Gasteiger partial charge in [-0.3, -0.25) is 5.32 Å². The largest absolute Gasteiger partial charge is 0.348 e. The third-order valence-electron chi connectivity index (χ3n) is 5.89. The number of aromatic amines is 1. The minimum Gasteiger partial charge on any atom is -0.348 e. The number of rotatable bonds is 3. The fraction of sp³-hybridized carbons (Fsp3) is 0.526. The number of nitrogens with one attached hydrogen (secondary N) is 2. The van der Waals surface area contributed by atoms with Gasteiger partial charge in [-0.15, -0.1) is 4.48 Å². The van der Waals surface area contributed by atoms with Crippen molar-refractivity contribution in [1.82, 2.24) is 20.4 Å². The molecule has 0 saturated heterocycles. The van der Waals surface area contributed by atoms with Gasteiger partial charge in [0, 0.05) is 18.7 Å². The molecule has 1 spiro atoms. The molecular weight excluding hydrogens is 303 g/mol. The first-order valence-corrected chi connectivity index (χ1v) is 9.02. The molecule has 128 valence electrons. The fourth-order valence-corrected chi connectivity index (χ4v) is 4.54. The number of hydrogen-bond acceptors (Lipinski definition) is 3. The van der Waals surface area contributed by atoms with Crippen molar-refractivity contribution >= 4 is 0 Å². The predicted octanol–water partition coefficient (Wildman–Crippen LogP) is 3.38. The SMILES string of the molecule is CCC(CC)C1C=C2C=CC=C3N(F)CCc4[nH]cnc4C23NC1. The number of nitrogens with zero attached hydrogens (tertiary/aromatic N) is 2. The van der Waals surface area contributed by atoms with Crippen LogP contribution in [0.4, 0.5) is 4.48 Å². The predicted molar refractivity (Wildman–Crippen MR) is 92.7 cm³/mol. The fourth-order valence-electron chi connectivity index (χ4n) is 4.54. The Balaban J connectivity index is 1.86. The first kappa shape index (κ1) is 15.6. The van der Waals surface area contributed by atoms with E-state index in [2.05, 4.69) is 41.3 Å². The molecule has 1 aliphatic carbocycles. The first-order valence-electron chi connectivity index (χ1n) is 9.02. The van der Waals surface area contributed by atoms with Gasteiger partial charge in [-0.25, -0.2) is 10.1 Å². The molecule has 3 heterocycles. The van der Waals surface area contributed by atoms with Gasteiger partial charge in [0.15, 0.2) is 0 Å². The second-order valence-electron chi connectivity index (χ2n) is 6.97. The van der Waals surface area contributed by atoms with Crippen molar-refractivity contribution < 1.29 is 4.48 Å². The molecule has 3 aliphatic rings. The van der Waals surface area contributed by atoms with E-state index in [4.69, 9.17) is 0 Å². The number of allylic oxidation sites excluding steroid dienone is 2. The van der Waals surface area contributed by atoms with Crippen LogP contribution < -0.4 is 5.32 Å². The van der Waals surface area contributed by atoms with Crippen LogP contribution in [0.15, 0.2) is 41.9 Å². The Bertz CT molecular complexity index is 713. The maximum absolute atomic E-state index is 14.8. The molecule has 4 rings (SSSR count). The minimum absolute atomic E-state index is 0.349. The van der Waals surface area contributed by atoms with Crippen molar-refractivity contribution in [3.63, 3.8) is 0 Å². The molecule has 0 bridgehead atoms. The van der Waals surface area contributed by atoms with E-state index in [0.717, 1.165) is 41.5 Å². The van der Waals surface area contributed by atoms with E-state index in [-0.39, 0.29) is 0 Å². The van der Waals surface area contributed by atoms with E-state index in [1.54, 1.807) is 6.33 Å². The third-order valence-corrected chi connectivity index (χ3v) is 5.89. The van der Waals surface area contributed by atoms with Crippen LogP contribution >= 0.6 is 0 Å². The molecule has 0 fully saturated rings. The quantitative estimate of drug-likeness (QED) is 0.836. The highest BCUT2D eigenvalue weighted by atomic mass is 19.2. The molecule has 0 radical (unpaired) electrons. The van der Waals surface area contributed by atoms with Crippen LogP contribution in [0.5, 0.6) is 0 Å². The molecule has 2 aliphatic heterocycles. The van der Waals surface area contributed by atoms with Crippen LogP contribution in [0.3, 0.4) is 0 Å². The molecule has 0 aromatic carbocycles. The topological polar surface area (TPSA) is 44.0 Å². The van der Waals surface area contributed by atoms with Crippen molar-refractivity contribution in [2.45, 2.75) is 38.6 Å². The molecule has 1 aromatic heterocycles. The molecular formula is C19H25FN4. The Kier molecular flexibility index (Phi) is 3.83. The van der Waals surface area contributed by atoms with Gasteiger partial charge in [-0.2, -0.15) is 0 Å². The van der Waals surface area contributed by atoms with Crippen molar-refractivity contribution in [2.75, 3.05) is 13.1 Å². The maximum atomic E-state index is 14.8. The van der Waals surface area contributed by atoms with Crippen LogP contribution in [0.1, 0.15) is 38.1 Å². The number of halogens is 1. The maximum Gasteiger partial charge on any atom is 0.131 e. The first-order chi connectivity index (χ1) is 11.7. The molecule has 4 nitrogen and oxygen atoms in total. The summed E-state index contributed by atoms with van der Waals surface area (Å²) in [5.41, 5.74) is 3.08. The lowest BCUT2D eigenvalue weighted by Gasteiger charge is -2.44. The smallest absolute Gasteiger partial charge is 0.131 e. The van der Waals surface area contributed by atoms with Gasteiger partial charge in [0.25, 0.3) is 0 Å². The summed E-state index contributed by atoms with van der Waals surface area (Å²) in [5.74, 6) is 1.12. The van der Waals surface area contributed by atoms with Gasteiger partial charge in [-0.05, 0) is 23.5 Å². The second kappa shape index (κ2) is 5.88. The Hall–Kier alpha value is -1.88. The monoisotopic (exact) mass is 328 g/mol. The number of imidazole rings is 1. The summed E-state index contributed by atoms with van der Waals surface area (Å²) in [6, 6.07) is 0. The number of H-pyrrole nitrogens is 1. The summed E-state index contributed by atoms with van der Waals surface area (Å²) >= 11 is 0. The summed E-state index contributed by atoms with van der Waals surface area (Å²) in [7, 11) is 0. The van der Waals surface area contributed by atoms with Gasteiger partial charge >= 0.3 is 0 Å². The van der Waals surface area contributed by atoms with E-state index >= 15 is 0 Å². The summed E-state index contributed by atoms with van der Waals surface area (Å²) in [6.07, 6.45) is 13.0. The molecule has 2 N–H and O–H groups in total. The summed E-state index contributed by atoms with van der Waals surface area (Å²) in [4.78, 5) is 7.81. The molecule has 0 saturated carbocycles. The lowest BCUT2D eigenvalue weighted by molar-refractivity contribution is 0.0509. The standard InChI is InChI=1S/C19H25FN4/c1-3-13(4-2)14-10-15-6-5-7-17-19(15,23-11-14)18-16(21-12-22-18)8-9-24(17)20/h5-7,10,12-14,23H,3-4,8-9,11H2,1-2H3,(H,21,22). The van der Waals surface area contributed by atoms with Gasteiger partial charge < -0.3 is 4.98 Å². The second-order valence-corrected chi connectivity index (χ2v) is 6.97. The normalized spacial score (nSPS) is 28.7. The van der Waals surface area contributed by atoms with Crippen LogP contribution in [0, 0.1) is 11.8 Å². The van der Waals surface area contributed by atoms with Gasteiger partial charge in [0.1, 0.15) is 5.54 Å². The lowest BCUT2D eigenvalue weighted by atomic mass is 9.72. The van der Waals surface area contributed by atoms with Crippen LogP contribution in [0.2, 0.25) is 0 Å². The summed E-state index contributed by atoms with van der Waals surface area (Å²) in [5, 5.41) is 4.58. The number of aromatic nitrogens is 2. The van der Waals surface area contributed by atoms with E-state index in [1.165, 1.54) is 0 Å². The molecule has 0 amide bonds. The average Bonchev–Trinajstić information content (AvgIpc) is 3.05. The number of hydrogen-bond donors (Lipinski definition) is 2. The van der Waals surface area contributed by atoms with Gasteiger partial charge in [0.2, 0.25) is 0 Å². The molecule has 1 aromatic rings. The Morgan fingerprint density at radius 1 is 1.42 bits per heavy atom. The lowest BCUT2D eigenvalue weighted by Crippen LogP contribution is -2.54. The van der Waals surface area contributed by atoms with Crippen molar-refractivity contribution in [1.29, 1.82) is 0 Å². The van der Waals surface area contributed by atoms with Crippen LogP contribution in [0.25, 0.3) is 0 Å². The zero-order valence-corrected chi connectivity index (χ0v) is 14.3. The molecule has 2 unspecified atom stereocenters. The molecule has 2 atom stereocenters. The Morgan fingerprint density at radius 3 is 3.04 bits per heavy atom. The third kappa shape index (κ3) is 2.10. The highest BCUT2D eigenvalue weighted by Gasteiger charge is 2.49. The van der Waals surface area contributed by atoms with E-state index in [0.29, 0.717) is 30.5 Å². The summed E-state index contributed by atoms with van der Waals surface area (Å²) in [6.45, 7) is 5.70. The van der Waals surface area contributed by atoms with Gasteiger partial charge in [-0.1, -0.05) is 44.9 Å². The van der Waals surface area contributed by atoms with Crippen LogP contribution in [-0.2, 0) is 12.0 Å². The molecule has 5 heteroatoms. The zero-order chi connectivity index (χ0) is 16.7. The summed E-state index contributed by atoms with van der Waals surface area (Å²) < 4.78 is 14.8. The van der Waals surface area contributed by atoms with Crippen molar-refractivity contribution in [3.05, 3.63) is 53.3 Å². The molecule has 24 heavy (non-hydrogen) atoms. The van der Waals surface area contributed by atoms with Crippen molar-refractivity contribution in [3.8, 4) is 0 Å². The highest BCUT2D eigenvalue weighted by molar-refractivity contribution is 5.55. The van der Waals surface area contributed by atoms with Gasteiger partial charge in [0.05, 0.1) is 24.3 Å². The number of fused-ring (bicyclic) bond motifs is 1. The Morgan fingerprint density at radius 2 is 2.25 bits per heavy atom. The zero-order valence-electron chi connectivity index (χ0n) is 14.3. The minimum atomic E-state index is -0.655. The van der Waals surface area contributed by atoms with Crippen molar-refractivity contribution in [2.24, 2.45) is 11.8 Å². The van der Waals surface area contributed by atoms with E-state index < -0.39 is 5.54 Å².